The van der Waals surface area contributed by atoms with Crippen LogP contribution in [-0.2, 0) is 0 Å². The number of nitrogens with one attached hydrogen (secondary N) is 2. The standard InChI is InChI=1S/C13H22BrN3O/c1-9(2)15-5-6-16-13(18)12-7-11(14)8-17(12)10(3)4/h7-10,15H,5-6H2,1-4H3,(H,16,18). The first-order valence-corrected chi connectivity index (χ1v) is 7.10. The van der Waals surface area contributed by atoms with Crippen molar-refractivity contribution in [2.24, 2.45) is 0 Å². The van der Waals surface area contributed by atoms with Crippen molar-refractivity contribution in [2.45, 2.75) is 39.8 Å². The van der Waals surface area contributed by atoms with Gasteiger partial charge < -0.3 is 15.2 Å². The van der Waals surface area contributed by atoms with Gasteiger partial charge in [0.2, 0.25) is 0 Å². The number of hydrogen-bond donors (Lipinski definition) is 2. The van der Waals surface area contributed by atoms with Gasteiger partial charge in [-0.05, 0) is 35.8 Å². The summed E-state index contributed by atoms with van der Waals surface area (Å²) >= 11 is 3.41. The quantitative estimate of drug-likeness (QED) is 0.792. The Balaban J connectivity index is 2.56. The highest BCUT2D eigenvalue weighted by Crippen LogP contribution is 2.19. The van der Waals surface area contributed by atoms with Gasteiger partial charge in [0, 0.05) is 35.8 Å². The molecule has 1 aromatic rings. The van der Waals surface area contributed by atoms with E-state index in [0.29, 0.717) is 18.3 Å². The van der Waals surface area contributed by atoms with E-state index in [9.17, 15) is 4.79 Å². The lowest BCUT2D eigenvalue weighted by molar-refractivity contribution is 0.0943. The van der Waals surface area contributed by atoms with Crippen molar-refractivity contribution >= 4 is 21.8 Å². The van der Waals surface area contributed by atoms with Crippen molar-refractivity contribution in [1.29, 1.82) is 0 Å². The summed E-state index contributed by atoms with van der Waals surface area (Å²) in [5, 5.41) is 6.18. The number of halogens is 1. The Bertz CT molecular complexity index is 399. The van der Waals surface area contributed by atoms with E-state index in [1.165, 1.54) is 0 Å². The summed E-state index contributed by atoms with van der Waals surface area (Å²) in [6.07, 6.45) is 1.94. The molecule has 0 radical (unpaired) electrons. The minimum atomic E-state index is -0.0278. The van der Waals surface area contributed by atoms with Crippen LogP contribution in [0.2, 0.25) is 0 Å². The molecule has 0 aromatic carbocycles. The summed E-state index contributed by atoms with van der Waals surface area (Å²) in [6, 6.07) is 2.56. The summed E-state index contributed by atoms with van der Waals surface area (Å²) in [5.74, 6) is -0.0278. The second-order valence-corrected chi connectivity index (χ2v) is 5.82. The number of carbonyl (C=O) groups excluding carboxylic acids is 1. The van der Waals surface area contributed by atoms with Crippen LogP contribution < -0.4 is 10.6 Å². The lowest BCUT2D eigenvalue weighted by atomic mass is 10.3. The third kappa shape index (κ3) is 4.46. The lowest BCUT2D eigenvalue weighted by Crippen LogP contribution is -2.35. The Labute approximate surface area is 117 Å². The average Bonchev–Trinajstić information content (AvgIpc) is 2.66. The van der Waals surface area contributed by atoms with Crippen molar-refractivity contribution in [3.8, 4) is 0 Å². The average molecular weight is 316 g/mol. The minimum absolute atomic E-state index is 0.0278. The summed E-state index contributed by atoms with van der Waals surface area (Å²) in [6.45, 7) is 9.71. The van der Waals surface area contributed by atoms with Crippen molar-refractivity contribution < 1.29 is 4.79 Å². The Hall–Kier alpha value is -0.810. The number of amides is 1. The first-order valence-electron chi connectivity index (χ1n) is 6.30. The van der Waals surface area contributed by atoms with Gasteiger partial charge >= 0.3 is 0 Å². The van der Waals surface area contributed by atoms with Gasteiger partial charge in [0.15, 0.2) is 0 Å². The maximum atomic E-state index is 12.0. The molecule has 0 fully saturated rings. The van der Waals surface area contributed by atoms with Gasteiger partial charge in [0.05, 0.1) is 0 Å². The lowest BCUT2D eigenvalue weighted by Gasteiger charge is -2.13. The molecule has 0 aliphatic carbocycles. The van der Waals surface area contributed by atoms with Crippen LogP contribution in [0.15, 0.2) is 16.7 Å². The first-order chi connectivity index (χ1) is 8.41. The third-order valence-corrected chi connectivity index (χ3v) is 3.00. The molecule has 1 heterocycles. The fraction of sp³-hybridized carbons (Fsp3) is 0.615. The summed E-state index contributed by atoms with van der Waals surface area (Å²) in [7, 11) is 0. The largest absolute Gasteiger partial charge is 0.349 e. The van der Waals surface area contributed by atoms with E-state index in [2.05, 4.69) is 54.3 Å². The number of aromatic nitrogens is 1. The van der Waals surface area contributed by atoms with Crippen LogP contribution in [-0.4, -0.2) is 29.6 Å². The smallest absolute Gasteiger partial charge is 0.268 e. The maximum absolute atomic E-state index is 12.0. The zero-order valence-corrected chi connectivity index (χ0v) is 13.0. The van der Waals surface area contributed by atoms with E-state index in [4.69, 9.17) is 0 Å². The maximum Gasteiger partial charge on any atom is 0.268 e. The fourth-order valence-corrected chi connectivity index (χ4v) is 2.12. The Morgan fingerprint density at radius 3 is 2.56 bits per heavy atom. The van der Waals surface area contributed by atoms with Crippen molar-refractivity contribution in [2.75, 3.05) is 13.1 Å². The number of rotatable bonds is 6. The predicted octanol–water partition coefficient (Wildman–Crippen LogP) is 2.56. The second kappa shape index (κ2) is 6.95. The van der Waals surface area contributed by atoms with Gasteiger partial charge in [-0.2, -0.15) is 0 Å². The van der Waals surface area contributed by atoms with Gasteiger partial charge in [-0.15, -0.1) is 0 Å². The zero-order chi connectivity index (χ0) is 13.7. The van der Waals surface area contributed by atoms with E-state index in [1.807, 2.05) is 16.8 Å². The van der Waals surface area contributed by atoms with Crippen LogP contribution in [0.3, 0.4) is 0 Å². The molecule has 0 bridgehead atoms. The Morgan fingerprint density at radius 1 is 1.33 bits per heavy atom. The van der Waals surface area contributed by atoms with E-state index < -0.39 is 0 Å². The molecule has 0 aliphatic heterocycles. The molecule has 0 atom stereocenters. The van der Waals surface area contributed by atoms with Crippen molar-refractivity contribution in [3.05, 3.63) is 22.4 Å². The minimum Gasteiger partial charge on any atom is -0.349 e. The normalized spacial score (nSPS) is 11.3. The van der Waals surface area contributed by atoms with E-state index in [0.717, 1.165) is 11.0 Å². The highest BCUT2D eigenvalue weighted by atomic mass is 79.9. The molecule has 0 aliphatic rings. The molecule has 1 aromatic heterocycles. The van der Waals surface area contributed by atoms with Gasteiger partial charge in [-0.25, -0.2) is 0 Å². The Morgan fingerprint density at radius 2 is 2.00 bits per heavy atom. The first kappa shape index (κ1) is 15.2. The van der Waals surface area contributed by atoms with Crippen molar-refractivity contribution in [1.82, 2.24) is 15.2 Å². The second-order valence-electron chi connectivity index (χ2n) is 4.91. The van der Waals surface area contributed by atoms with Crippen LogP contribution >= 0.6 is 15.9 Å². The molecule has 4 nitrogen and oxygen atoms in total. The van der Waals surface area contributed by atoms with Gasteiger partial charge in [0.1, 0.15) is 5.69 Å². The SMILES string of the molecule is CC(C)NCCNC(=O)c1cc(Br)cn1C(C)C. The molecule has 18 heavy (non-hydrogen) atoms. The predicted molar refractivity (Wildman–Crippen MR) is 78.0 cm³/mol. The molecule has 0 unspecified atom stereocenters. The van der Waals surface area contributed by atoms with Gasteiger partial charge in [0.25, 0.3) is 5.91 Å². The summed E-state index contributed by atoms with van der Waals surface area (Å²) < 4.78 is 2.90. The van der Waals surface area contributed by atoms with Crippen LogP contribution in [0.4, 0.5) is 0 Å². The van der Waals surface area contributed by atoms with E-state index in [1.54, 1.807) is 0 Å². The molecule has 5 heteroatoms. The van der Waals surface area contributed by atoms with Crippen LogP contribution in [0.5, 0.6) is 0 Å². The topological polar surface area (TPSA) is 46.1 Å². The van der Waals surface area contributed by atoms with Gasteiger partial charge in [-0.3, -0.25) is 4.79 Å². The highest BCUT2D eigenvalue weighted by molar-refractivity contribution is 9.10. The third-order valence-electron chi connectivity index (χ3n) is 2.57. The molecule has 1 rings (SSSR count). The van der Waals surface area contributed by atoms with Crippen molar-refractivity contribution in [3.63, 3.8) is 0 Å². The molecular formula is C13H22BrN3O. The molecule has 102 valence electrons. The highest BCUT2D eigenvalue weighted by Gasteiger charge is 2.14. The Kier molecular flexibility index (Phi) is 5.88. The van der Waals surface area contributed by atoms with Crippen LogP contribution in [0, 0.1) is 0 Å². The van der Waals surface area contributed by atoms with E-state index >= 15 is 0 Å². The molecule has 0 saturated carbocycles. The van der Waals surface area contributed by atoms with E-state index in [-0.39, 0.29) is 11.9 Å². The summed E-state index contributed by atoms with van der Waals surface area (Å²) in [5.41, 5.74) is 0.696. The molecule has 1 amide bonds. The summed E-state index contributed by atoms with van der Waals surface area (Å²) in [4.78, 5) is 12.0. The number of hydrogen-bond acceptors (Lipinski definition) is 2. The molecule has 2 N–H and O–H groups in total. The fourth-order valence-electron chi connectivity index (χ4n) is 1.68. The molecule has 0 spiro atoms. The zero-order valence-electron chi connectivity index (χ0n) is 11.5. The number of nitrogens with zero attached hydrogens (tertiary/aromatic N) is 1. The monoisotopic (exact) mass is 315 g/mol. The number of carbonyl (C=O) groups is 1. The molecule has 0 saturated heterocycles. The van der Waals surface area contributed by atoms with Crippen LogP contribution in [0.1, 0.15) is 44.2 Å². The van der Waals surface area contributed by atoms with Gasteiger partial charge in [-0.1, -0.05) is 13.8 Å². The molecular weight excluding hydrogens is 294 g/mol. The van der Waals surface area contributed by atoms with Crippen LogP contribution in [0.25, 0.3) is 0 Å².